The molecule has 6 heteroatoms. The van der Waals surface area contributed by atoms with E-state index in [1.165, 1.54) is 12.8 Å². The quantitative estimate of drug-likeness (QED) is 0.321. The SMILES string of the molecule is C=C(c1cnc2ccc(-c3cc(C)cc(OC)c3)cc2c1Nc1ccc(N2CCNCC2)nc1)C1CC1. The fraction of sp³-hybridized carbons (Fsp3) is 0.290. The zero-order valence-electron chi connectivity index (χ0n) is 21.6. The Kier molecular flexibility index (Phi) is 6.26. The third-order valence-corrected chi connectivity index (χ3v) is 7.36. The van der Waals surface area contributed by atoms with E-state index in [2.05, 4.69) is 71.5 Å². The summed E-state index contributed by atoms with van der Waals surface area (Å²) in [5.41, 5.74) is 8.60. The maximum atomic E-state index is 5.53. The van der Waals surface area contributed by atoms with Gasteiger partial charge in [-0.1, -0.05) is 18.7 Å². The summed E-state index contributed by atoms with van der Waals surface area (Å²) < 4.78 is 5.53. The van der Waals surface area contributed by atoms with Crippen LogP contribution in [-0.2, 0) is 0 Å². The smallest absolute Gasteiger partial charge is 0.128 e. The number of pyridine rings is 2. The first-order valence-corrected chi connectivity index (χ1v) is 13.1. The first kappa shape index (κ1) is 23.5. The van der Waals surface area contributed by atoms with Crippen LogP contribution < -0.4 is 20.3 Å². The summed E-state index contributed by atoms with van der Waals surface area (Å²) in [7, 11) is 1.71. The minimum absolute atomic E-state index is 0.539. The van der Waals surface area contributed by atoms with Gasteiger partial charge in [-0.25, -0.2) is 4.98 Å². The molecule has 2 aromatic carbocycles. The Labute approximate surface area is 218 Å². The molecule has 1 saturated heterocycles. The highest BCUT2D eigenvalue weighted by molar-refractivity contribution is 6.01. The van der Waals surface area contributed by atoms with Crippen molar-refractivity contribution < 1.29 is 4.74 Å². The fourth-order valence-electron chi connectivity index (χ4n) is 5.12. The maximum Gasteiger partial charge on any atom is 0.128 e. The molecule has 3 heterocycles. The Morgan fingerprint density at radius 2 is 1.84 bits per heavy atom. The molecule has 1 aliphatic heterocycles. The third kappa shape index (κ3) is 4.89. The average molecular weight is 492 g/mol. The lowest BCUT2D eigenvalue weighted by molar-refractivity contribution is 0.414. The first-order valence-electron chi connectivity index (χ1n) is 13.1. The second-order valence-electron chi connectivity index (χ2n) is 10.1. The lowest BCUT2D eigenvalue weighted by Crippen LogP contribution is -2.43. The van der Waals surface area contributed by atoms with E-state index in [4.69, 9.17) is 14.7 Å². The van der Waals surface area contributed by atoms with Crippen LogP contribution in [0.2, 0.25) is 0 Å². The van der Waals surface area contributed by atoms with Crippen LogP contribution in [0.25, 0.3) is 27.6 Å². The molecule has 0 unspecified atom stereocenters. The molecule has 1 saturated carbocycles. The molecule has 0 amide bonds. The molecule has 0 bridgehead atoms. The van der Waals surface area contributed by atoms with Gasteiger partial charge in [0, 0.05) is 43.3 Å². The minimum atomic E-state index is 0.539. The van der Waals surface area contributed by atoms with E-state index in [0.29, 0.717) is 5.92 Å². The molecule has 2 aromatic heterocycles. The van der Waals surface area contributed by atoms with Crippen molar-refractivity contribution in [2.24, 2.45) is 5.92 Å². The highest BCUT2D eigenvalue weighted by Gasteiger charge is 2.28. The predicted octanol–water partition coefficient (Wildman–Crippen LogP) is 6.19. The minimum Gasteiger partial charge on any atom is -0.497 e. The zero-order chi connectivity index (χ0) is 25.4. The van der Waals surface area contributed by atoms with Crippen LogP contribution in [0.5, 0.6) is 5.75 Å². The molecule has 188 valence electrons. The van der Waals surface area contributed by atoms with Crippen molar-refractivity contribution in [3.8, 4) is 16.9 Å². The van der Waals surface area contributed by atoms with Crippen LogP contribution >= 0.6 is 0 Å². The van der Waals surface area contributed by atoms with Crippen LogP contribution in [-0.4, -0.2) is 43.3 Å². The summed E-state index contributed by atoms with van der Waals surface area (Å²) in [6, 6.07) is 17.0. The summed E-state index contributed by atoms with van der Waals surface area (Å²) >= 11 is 0. The standard InChI is InChI=1S/C31H33N5O/c1-20-14-24(16-26(15-20)37-3)23-6-8-29-27(17-23)31(28(19-33-29)21(2)22-4-5-22)35-25-7-9-30(34-18-25)36-12-10-32-11-13-36/h6-9,14-19,22,32H,2,4-5,10-13H2,1,3H3,(H,33,35). The van der Waals surface area contributed by atoms with E-state index in [1.54, 1.807) is 7.11 Å². The molecule has 4 aromatic rings. The van der Waals surface area contributed by atoms with Crippen LogP contribution in [0.1, 0.15) is 24.0 Å². The Morgan fingerprint density at radius 1 is 1.00 bits per heavy atom. The number of fused-ring (bicyclic) bond motifs is 1. The number of aryl methyl sites for hydroxylation is 1. The number of hydrogen-bond donors (Lipinski definition) is 2. The average Bonchev–Trinajstić information content (AvgIpc) is 3.79. The predicted molar refractivity (Wildman–Crippen MR) is 153 cm³/mol. The molecule has 1 aliphatic carbocycles. The lowest BCUT2D eigenvalue weighted by atomic mass is 9.96. The summed E-state index contributed by atoms with van der Waals surface area (Å²) in [4.78, 5) is 11.9. The molecule has 6 nitrogen and oxygen atoms in total. The van der Waals surface area contributed by atoms with Crippen LogP contribution in [0.15, 0.2) is 67.5 Å². The van der Waals surface area contributed by atoms with Gasteiger partial charge in [0.15, 0.2) is 0 Å². The molecule has 2 aliphatic rings. The summed E-state index contributed by atoms with van der Waals surface area (Å²) in [6.45, 7) is 10.5. The number of allylic oxidation sites excluding steroid dienone is 1. The van der Waals surface area contributed by atoms with E-state index >= 15 is 0 Å². The molecule has 0 atom stereocenters. The summed E-state index contributed by atoms with van der Waals surface area (Å²) in [6.07, 6.45) is 6.30. The largest absolute Gasteiger partial charge is 0.497 e. The van der Waals surface area contributed by atoms with Crippen LogP contribution in [0.4, 0.5) is 17.2 Å². The first-order chi connectivity index (χ1) is 18.1. The number of nitrogens with one attached hydrogen (secondary N) is 2. The molecule has 6 rings (SSSR count). The second kappa shape index (κ2) is 9.87. The fourth-order valence-corrected chi connectivity index (χ4v) is 5.12. The van der Waals surface area contributed by atoms with Gasteiger partial charge < -0.3 is 20.3 Å². The van der Waals surface area contributed by atoms with Gasteiger partial charge in [0.2, 0.25) is 0 Å². The van der Waals surface area contributed by atoms with Crippen molar-refractivity contribution in [1.29, 1.82) is 0 Å². The van der Waals surface area contributed by atoms with Crippen LogP contribution in [0.3, 0.4) is 0 Å². The number of piperazine rings is 1. The molecular weight excluding hydrogens is 458 g/mol. The van der Waals surface area contributed by atoms with Gasteiger partial charge in [-0.15, -0.1) is 0 Å². The van der Waals surface area contributed by atoms with Gasteiger partial charge >= 0.3 is 0 Å². The normalized spacial score (nSPS) is 15.6. The summed E-state index contributed by atoms with van der Waals surface area (Å²) in [5, 5.41) is 8.17. The van der Waals surface area contributed by atoms with E-state index in [0.717, 1.165) is 87.9 Å². The number of hydrogen-bond acceptors (Lipinski definition) is 6. The highest BCUT2D eigenvalue weighted by atomic mass is 16.5. The molecule has 2 fully saturated rings. The van der Waals surface area contributed by atoms with Gasteiger partial charge in [-0.3, -0.25) is 4.98 Å². The molecule has 0 radical (unpaired) electrons. The topological polar surface area (TPSA) is 62.3 Å². The number of aromatic nitrogens is 2. The second-order valence-corrected chi connectivity index (χ2v) is 10.1. The maximum absolute atomic E-state index is 5.53. The Morgan fingerprint density at radius 3 is 2.57 bits per heavy atom. The van der Waals surface area contributed by atoms with Crippen molar-refractivity contribution in [3.63, 3.8) is 0 Å². The van der Waals surface area contributed by atoms with Crippen molar-refractivity contribution in [1.82, 2.24) is 15.3 Å². The monoisotopic (exact) mass is 491 g/mol. The molecular formula is C31H33N5O. The van der Waals surface area contributed by atoms with Gasteiger partial charge in [0.05, 0.1) is 30.2 Å². The number of methoxy groups -OCH3 is 1. The van der Waals surface area contributed by atoms with Gasteiger partial charge in [-0.05, 0) is 84.3 Å². The number of anilines is 3. The number of rotatable bonds is 7. The Balaban J connectivity index is 1.41. The van der Waals surface area contributed by atoms with Gasteiger partial charge in [0.25, 0.3) is 0 Å². The van der Waals surface area contributed by atoms with E-state index in [1.807, 2.05) is 18.5 Å². The van der Waals surface area contributed by atoms with Gasteiger partial charge in [-0.2, -0.15) is 0 Å². The summed E-state index contributed by atoms with van der Waals surface area (Å²) in [5.74, 6) is 2.42. The van der Waals surface area contributed by atoms with E-state index < -0.39 is 0 Å². The van der Waals surface area contributed by atoms with Crippen molar-refractivity contribution in [2.75, 3.05) is 43.5 Å². The number of ether oxygens (including phenoxy) is 1. The van der Waals surface area contributed by atoms with E-state index in [9.17, 15) is 0 Å². The van der Waals surface area contributed by atoms with Gasteiger partial charge in [0.1, 0.15) is 11.6 Å². The van der Waals surface area contributed by atoms with Crippen molar-refractivity contribution in [3.05, 3.63) is 78.6 Å². The Hall–Kier alpha value is -3.90. The molecule has 2 N–H and O–H groups in total. The number of benzene rings is 2. The molecule has 37 heavy (non-hydrogen) atoms. The van der Waals surface area contributed by atoms with Crippen LogP contribution in [0, 0.1) is 12.8 Å². The van der Waals surface area contributed by atoms with Crippen molar-refractivity contribution in [2.45, 2.75) is 19.8 Å². The number of nitrogens with zero attached hydrogens (tertiary/aromatic N) is 3. The van der Waals surface area contributed by atoms with Crippen molar-refractivity contribution >= 4 is 33.7 Å². The lowest BCUT2D eigenvalue weighted by Gasteiger charge is -2.28. The highest BCUT2D eigenvalue weighted by Crippen LogP contribution is 2.45. The zero-order valence-corrected chi connectivity index (χ0v) is 21.6. The third-order valence-electron chi connectivity index (χ3n) is 7.36. The molecule has 0 spiro atoms. The van der Waals surface area contributed by atoms with E-state index in [-0.39, 0.29) is 0 Å². The Bertz CT molecular complexity index is 1450.